The van der Waals surface area contributed by atoms with Crippen molar-refractivity contribution in [2.75, 3.05) is 0 Å². The number of hydrogen-bond acceptors (Lipinski definition) is 2. The Labute approximate surface area is 167 Å². The highest BCUT2D eigenvalue weighted by Gasteiger charge is 2.31. The van der Waals surface area contributed by atoms with Gasteiger partial charge in [0, 0.05) is 5.56 Å². The molecule has 0 fully saturated rings. The van der Waals surface area contributed by atoms with E-state index in [1.54, 1.807) is 12.1 Å². The van der Waals surface area contributed by atoms with Gasteiger partial charge in [0.25, 0.3) is 0 Å². The highest BCUT2D eigenvalue weighted by atomic mass is 19.4. The SMILES string of the molecule is CCC(C)(C)c1ccc2cc(C#N)c(C#N)c(-c3cccc(C(F)(F)F)c3)c2c1. The number of hydrogen-bond donors (Lipinski definition) is 0. The Bertz CT molecular complexity index is 1180. The highest BCUT2D eigenvalue weighted by molar-refractivity contribution is 6.01. The van der Waals surface area contributed by atoms with Crippen molar-refractivity contribution in [3.63, 3.8) is 0 Å². The van der Waals surface area contributed by atoms with Gasteiger partial charge in [0.15, 0.2) is 0 Å². The third-order valence-corrected chi connectivity index (χ3v) is 5.52. The van der Waals surface area contributed by atoms with Crippen molar-refractivity contribution in [1.29, 1.82) is 10.5 Å². The Morgan fingerprint density at radius 2 is 1.62 bits per heavy atom. The van der Waals surface area contributed by atoms with Crippen LogP contribution in [0.1, 0.15) is 49.4 Å². The molecule has 0 heterocycles. The van der Waals surface area contributed by atoms with Crippen molar-refractivity contribution in [3.05, 3.63) is 70.8 Å². The van der Waals surface area contributed by atoms with Gasteiger partial charge < -0.3 is 0 Å². The normalized spacial score (nSPS) is 11.9. The minimum atomic E-state index is -4.50. The molecule has 3 aromatic rings. The van der Waals surface area contributed by atoms with Gasteiger partial charge in [-0.25, -0.2) is 0 Å². The number of halogens is 3. The molecule has 3 rings (SSSR count). The number of fused-ring (bicyclic) bond motifs is 1. The maximum atomic E-state index is 13.3. The first-order valence-corrected chi connectivity index (χ1v) is 9.21. The van der Waals surface area contributed by atoms with E-state index in [9.17, 15) is 23.7 Å². The first-order valence-electron chi connectivity index (χ1n) is 9.21. The largest absolute Gasteiger partial charge is 0.416 e. The molecule has 0 aliphatic carbocycles. The van der Waals surface area contributed by atoms with Crippen LogP contribution in [0.3, 0.4) is 0 Å². The maximum absolute atomic E-state index is 13.3. The lowest BCUT2D eigenvalue weighted by molar-refractivity contribution is -0.137. The summed E-state index contributed by atoms with van der Waals surface area (Å²) in [5.74, 6) is 0. The molecule has 0 aliphatic rings. The van der Waals surface area contributed by atoms with Crippen molar-refractivity contribution in [2.24, 2.45) is 0 Å². The van der Waals surface area contributed by atoms with E-state index in [4.69, 9.17) is 0 Å². The van der Waals surface area contributed by atoms with E-state index < -0.39 is 11.7 Å². The molecule has 0 N–H and O–H groups in total. The summed E-state index contributed by atoms with van der Waals surface area (Å²) in [6.45, 7) is 6.25. The van der Waals surface area contributed by atoms with Crippen LogP contribution in [0.4, 0.5) is 13.2 Å². The summed E-state index contributed by atoms with van der Waals surface area (Å²) in [6, 6.07) is 16.3. The predicted octanol–water partition coefficient (Wildman–Crippen LogP) is 6.96. The van der Waals surface area contributed by atoms with Gasteiger partial charge >= 0.3 is 6.18 Å². The Kier molecular flexibility index (Phi) is 5.11. The molecule has 0 saturated carbocycles. The van der Waals surface area contributed by atoms with Gasteiger partial charge in [-0.05, 0) is 58.0 Å². The fraction of sp³-hybridized carbons (Fsp3) is 0.250. The number of rotatable bonds is 3. The molecule has 29 heavy (non-hydrogen) atoms. The highest BCUT2D eigenvalue weighted by Crippen LogP contribution is 2.39. The molecule has 0 aliphatic heterocycles. The zero-order valence-corrected chi connectivity index (χ0v) is 16.4. The van der Waals surface area contributed by atoms with Crippen molar-refractivity contribution < 1.29 is 13.2 Å². The van der Waals surface area contributed by atoms with Crippen LogP contribution in [-0.2, 0) is 11.6 Å². The maximum Gasteiger partial charge on any atom is 0.416 e. The molecule has 5 heteroatoms. The van der Waals surface area contributed by atoms with Crippen molar-refractivity contribution in [2.45, 2.75) is 38.8 Å². The summed E-state index contributed by atoms with van der Waals surface area (Å²) in [6.07, 6.45) is -3.63. The second kappa shape index (κ2) is 7.26. The zero-order chi connectivity index (χ0) is 21.4. The van der Waals surface area contributed by atoms with E-state index >= 15 is 0 Å². The lowest BCUT2D eigenvalue weighted by atomic mass is 9.80. The molecule has 0 aromatic heterocycles. The average molecular weight is 392 g/mol. The van der Waals surface area contributed by atoms with Crippen molar-refractivity contribution in [3.8, 4) is 23.3 Å². The molecule has 0 saturated heterocycles. The van der Waals surface area contributed by atoms with E-state index in [0.29, 0.717) is 16.3 Å². The lowest BCUT2D eigenvalue weighted by Gasteiger charge is -2.24. The molecular weight excluding hydrogens is 373 g/mol. The Morgan fingerprint density at radius 3 is 2.21 bits per heavy atom. The van der Waals surface area contributed by atoms with E-state index in [1.165, 1.54) is 6.07 Å². The fourth-order valence-electron chi connectivity index (χ4n) is 3.38. The van der Waals surface area contributed by atoms with E-state index in [1.807, 2.05) is 30.3 Å². The zero-order valence-electron chi connectivity index (χ0n) is 16.4. The smallest absolute Gasteiger partial charge is 0.192 e. The summed E-state index contributed by atoms with van der Waals surface area (Å²) >= 11 is 0. The predicted molar refractivity (Wildman–Crippen MR) is 107 cm³/mol. The minimum absolute atomic E-state index is 0.0887. The number of nitrogens with zero attached hydrogens (tertiary/aromatic N) is 2. The first kappa shape index (κ1) is 20.4. The Morgan fingerprint density at radius 1 is 0.897 bits per heavy atom. The van der Waals surface area contributed by atoms with Crippen LogP contribution in [0.15, 0.2) is 48.5 Å². The molecular formula is C24H19F3N2. The topological polar surface area (TPSA) is 47.6 Å². The standard InChI is InChI=1S/C24H19F3N2/c1-4-23(2,3)18-9-8-15-10-17(13-28)21(14-29)22(20(15)12-18)16-6-5-7-19(11-16)24(25,26)27/h5-12H,4H2,1-3H3. The van der Waals surface area contributed by atoms with Crippen LogP contribution in [0.25, 0.3) is 21.9 Å². The third-order valence-electron chi connectivity index (χ3n) is 5.52. The minimum Gasteiger partial charge on any atom is -0.192 e. The summed E-state index contributed by atoms with van der Waals surface area (Å²) < 4.78 is 39.8. The van der Waals surface area contributed by atoms with Gasteiger partial charge in [0.05, 0.1) is 16.7 Å². The molecule has 0 bridgehead atoms. The van der Waals surface area contributed by atoms with Gasteiger partial charge in [-0.15, -0.1) is 0 Å². The Balaban J connectivity index is 2.44. The summed E-state index contributed by atoms with van der Waals surface area (Å²) in [7, 11) is 0. The summed E-state index contributed by atoms with van der Waals surface area (Å²) in [5, 5.41) is 20.6. The number of benzene rings is 3. The van der Waals surface area contributed by atoms with Crippen LogP contribution in [0.5, 0.6) is 0 Å². The van der Waals surface area contributed by atoms with E-state index in [2.05, 4.69) is 20.8 Å². The van der Waals surface area contributed by atoms with Crippen LogP contribution < -0.4 is 0 Å². The molecule has 0 atom stereocenters. The number of nitriles is 2. The second-order valence-corrected chi connectivity index (χ2v) is 7.65. The first-order chi connectivity index (χ1) is 13.6. The number of alkyl halides is 3. The fourth-order valence-corrected chi connectivity index (χ4v) is 3.38. The molecule has 2 nitrogen and oxygen atoms in total. The van der Waals surface area contributed by atoms with Crippen molar-refractivity contribution >= 4 is 10.8 Å². The quantitative estimate of drug-likeness (QED) is 0.484. The van der Waals surface area contributed by atoms with Crippen molar-refractivity contribution in [1.82, 2.24) is 0 Å². The van der Waals surface area contributed by atoms with Gasteiger partial charge in [0.1, 0.15) is 12.1 Å². The van der Waals surface area contributed by atoms with E-state index in [-0.39, 0.29) is 22.1 Å². The lowest BCUT2D eigenvalue weighted by Crippen LogP contribution is -2.15. The van der Waals surface area contributed by atoms with Crippen LogP contribution in [-0.4, -0.2) is 0 Å². The van der Waals surface area contributed by atoms with Crippen LogP contribution in [0.2, 0.25) is 0 Å². The van der Waals surface area contributed by atoms with Crippen LogP contribution in [0, 0.1) is 22.7 Å². The molecule has 0 unspecified atom stereocenters. The van der Waals surface area contributed by atoms with Gasteiger partial charge in [-0.3, -0.25) is 0 Å². The molecule has 3 aromatic carbocycles. The average Bonchev–Trinajstić information content (AvgIpc) is 2.71. The van der Waals surface area contributed by atoms with Gasteiger partial charge in [0.2, 0.25) is 0 Å². The molecule has 0 spiro atoms. The van der Waals surface area contributed by atoms with Crippen LogP contribution >= 0.6 is 0 Å². The third kappa shape index (κ3) is 3.69. The van der Waals surface area contributed by atoms with Gasteiger partial charge in [-0.1, -0.05) is 45.0 Å². The molecule has 146 valence electrons. The Hall–Kier alpha value is -3.31. The molecule has 0 radical (unpaired) electrons. The second-order valence-electron chi connectivity index (χ2n) is 7.65. The summed E-state index contributed by atoms with van der Waals surface area (Å²) in [5.41, 5.74) is 0.959. The summed E-state index contributed by atoms with van der Waals surface area (Å²) in [4.78, 5) is 0. The van der Waals surface area contributed by atoms with Gasteiger partial charge in [-0.2, -0.15) is 23.7 Å². The molecule has 0 amide bonds. The van der Waals surface area contributed by atoms with E-state index in [0.717, 1.165) is 24.1 Å². The monoisotopic (exact) mass is 392 g/mol.